The quantitative estimate of drug-likeness (QED) is 0.637. The van der Waals surface area contributed by atoms with Crippen LogP contribution in [0.25, 0.3) is 0 Å². The molecule has 2 heterocycles. The highest BCUT2D eigenvalue weighted by molar-refractivity contribution is 6.30. The van der Waals surface area contributed by atoms with Gasteiger partial charge in [-0.3, -0.25) is 9.59 Å². The number of likely N-dealkylation sites (tertiary alicyclic amines) is 2. The predicted octanol–water partition coefficient (Wildman–Crippen LogP) is 4.22. The number of likely N-dealkylation sites (N-methyl/N-ethyl adjacent to an activating group) is 1. The van der Waals surface area contributed by atoms with E-state index in [4.69, 9.17) is 11.6 Å². The lowest BCUT2D eigenvalue weighted by Gasteiger charge is -2.35. The van der Waals surface area contributed by atoms with Gasteiger partial charge in [-0.15, -0.1) is 0 Å². The molecule has 1 aromatic rings. The summed E-state index contributed by atoms with van der Waals surface area (Å²) in [6.07, 6.45) is -5.37. The van der Waals surface area contributed by atoms with Crippen LogP contribution in [0.1, 0.15) is 44.1 Å². The summed E-state index contributed by atoms with van der Waals surface area (Å²) in [5.41, 5.74) is -1.35. The van der Waals surface area contributed by atoms with Crippen LogP contribution >= 0.6 is 11.6 Å². The molecule has 2 aliphatic heterocycles. The first-order valence-corrected chi connectivity index (χ1v) is 12.3. The van der Waals surface area contributed by atoms with Crippen LogP contribution < -0.4 is 0 Å². The molecule has 192 valence electrons. The maximum atomic E-state index is 13.4. The minimum Gasteiger partial charge on any atom is -0.465 e. The fourth-order valence-electron chi connectivity index (χ4n) is 5.47. The molecule has 11 heteroatoms. The smallest absolute Gasteiger partial charge is 0.407 e. The Bertz CT molecular complexity index is 975. The topological polar surface area (TPSA) is 81.2 Å². The van der Waals surface area contributed by atoms with Crippen molar-refractivity contribution in [1.29, 1.82) is 0 Å². The number of carbonyl (C=O) groups excluding carboxylic acids is 2. The third-order valence-corrected chi connectivity index (χ3v) is 7.97. The zero-order valence-electron chi connectivity index (χ0n) is 19.4. The SMILES string of the molecule is CCN(C(=O)O)[C@@H]1CN(C(=O)C2CCN(C(=O)C3(C(F)(F)F)CC3)CC2)C[C@H]1c1ccc(Cl)cc1. The third kappa shape index (κ3) is 4.81. The molecule has 0 bridgehead atoms. The number of alkyl halides is 3. The Hall–Kier alpha value is -2.49. The number of hydrogen-bond acceptors (Lipinski definition) is 3. The summed E-state index contributed by atoms with van der Waals surface area (Å²) < 4.78 is 40.0. The van der Waals surface area contributed by atoms with E-state index < -0.39 is 35.6 Å². The Balaban J connectivity index is 1.43. The largest absolute Gasteiger partial charge is 0.465 e. The monoisotopic (exact) mass is 515 g/mol. The van der Waals surface area contributed by atoms with Crippen molar-refractivity contribution in [2.45, 2.75) is 50.7 Å². The zero-order valence-corrected chi connectivity index (χ0v) is 20.2. The van der Waals surface area contributed by atoms with Gasteiger partial charge in [-0.25, -0.2) is 4.79 Å². The van der Waals surface area contributed by atoms with Crippen molar-refractivity contribution in [3.63, 3.8) is 0 Å². The first-order valence-electron chi connectivity index (χ1n) is 11.9. The number of amides is 3. The van der Waals surface area contributed by atoms with Gasteiger partial charge in [-0.05, 0) is 50.3 Å². The molecular weight excluding hydrogens is 487 g/mol. The van der Waals surface area contributed by atoms with E-state index in [9.17, 15) is 32.7 Å². The molecule has 2 saturated heterocycles. The average molecular weight is 516 g/mol. The van der Waals surface area contributed by atoms with Crippen LogP contribution in [0.2, 0.25) is 5.02 Å². The van der Waals surface area contributed by atoms with Gasteiger partial charge in [0.2, 0.25) is 11.8 Å². The molecule has 0 spiro atoms. The normalized spacial score (nSPS) is 24.4. The second kappa shape index (κ2) is 9.52. The number of carbonyl (C=O) groups is 3. The number of benzene rings is 1. The van der Waals surface area contributed by atoms with E-state index in [-0.39, 0.29) is 50.8 Å². The zero-order chi connectivity index (χ0) is 25.5. The molecule has 3 amide bonds. The average Bonchev–Trinajstić information content (AvgIpc) is 3.54. The van der Waals surface area contributed by atoms with Crippen molar-refractivity contribution in [1.82, 2.24) is 14.7 Å². The number of hydrogen-bond donors (Lipinski definition) is 1. The lowest BCUT2D eigenvalue weighted by molar-refractivity contribution is -0.199. The van der Waals surface area contributed by atoms with Gasteiger partial charge in [-0.2, -0.15) is 13.2 Å². The molecule has 7 nitrogen and oxygen atoms in total. The van der Waals surface area contributed by atoms with E-state index in [1.807, 2.05) is 12.1 Å². The molecule has 35 heavy (non-hydrogen) atoms. The van der Waals surface area contributed by atoms with Crippen molar-refractivity contribution in [2.75, 3.05) is 32.7 Å². The highest BCUT2D eigenvalue weighted by Gasteiger charge is 2.69. The van der Waals surface area contributed by atoms with Crippen molar-refractivity contribution in [3.8, 4) is 0 Å². The van der Waals surface area contributed by atoms with Gasteiger partial charge >= 0.3 is 12.3 Å². The fraction of sp³-hybridized carbons (Fsp3) is 0.625. The van der Waals surface area contributed by atoms with E-state index in [1.54, 1.807) is 24.0 Å². The van der Waals surface area contributed by atoms with Crippen molar-refractivity contribution >= 4 is 29.5 Å². The first kappa shape index (κ1) is 25.6. The molecule has 4 rings (SSSR count). The maximum absolute atomic E-state index is 13.4. The highest BCUT2D eigenvalue weighted by atomic mass is 35.5. The second-order valence-electron chi connectivity index (χ2n) is 9.68. The minimum absolute atomic E-state index is 0.112. The van der Waals surface area contributed by atoms with Gasteiger partial charge in [-0.1, -0.05) is 23.7 Å². The van der Waals surface area contributed by atoms with Crippen LogP contribution in [0, 0.1) is 11.3 Å². The summed E-state index contributed by atoms with van der Waals surface area (Å²) in [5, 5.41) is 10.3. The number of carboxylic acid groups (broad SMARTS) is 1. The van der Waals surface area contributed by atoms with Gasteiger partial charge < -0.3 is 19.8 Å². The van der Waals surface area contributed by atoms with Crippen LogP contribution in [-0.2, 0) is 9.59 Å². The molecule has 1 aromatic carbocycles. The van der Waals surface area contributed by atoms with Crippen LogP contribution in [0.3, 0.4) is 0 Å². The Morgan fingerprint density at radius 1 is 1.09 bits per heavy atom. The molecule has 3 aliphatic rings. The van der Waals surface area contributed by atoms with Crippen molar-refractivity contribution < 1.29 is 32.7 Å². The van der Waals surface area contributed by atoms with Crippen LogP contribution in [0.15, 0.2) is 24.3 Å². The van der Waals surface area contributed by atoms with E-state index in [0.29, 0.717) is 24.4 Å². The molecule has 2 atom stereocenters. The summed E-state index contributed by atoms with van der Waals surface area (Å²) in [4.78, 5) is 42.0. The van der Waals surface area contributed by atoms with Gasteiger partial charge in [0.15, 0.2) is 0 Å². The second-order valence-corrected chi connectivity index (χ2v) is 10.1. The van der Waals surface area contributed by atoms with Crippen molar-refractivity contribution in [3.05, 3.63) is 34.9 Å². The van der Waals surface area contributed by atoms with E-state index in [2.05, 4.69) is 0 Å². The minimum atomic E-state index is -4.55. The molecule has 1 aliphatic carbocycles. The fourth-order valence-corrected chi connectivity index (χ4v) is 5.59. The number of halogens is 4. The molecule has 1 saturated carbocycles. The van der Waals surface area contributed by atoms with Gasteiger partial charge in [0.05, 0.1) is 6.04 Å². The summed E-state index contributed by atoms with van der Waals surface area (Å²) in [7, 11) is 0. The lowest BCUT2D eigenvalue weighted by Crippen LogP contribution is -2.49. The molecule has 0 aromatic heterocycles. The summed E-state index contributed by atoms with van der Waals surface area (Å²) in [5.74, 6) is -1.66. The Morgan fingerprint density at radius 3 is 2.17 bits per heavy atom. The highest BCUT2D eigenvalue weighted by Crippen LogP contribution is 2.58. The van der Waals surface area contributed by atoms with E-state index in [1.165, 1.54) is 9.80 Å². The molecular formula is C24H29ClF3N3O4. The predicted molar refractivity (Wildman–Crippen MR) is 122 cm³/mol. The Morgan fingerprint density at radius 2 is 1.69 bits per heavy atom. The molecule has 1 N–H and O–H groups in total. The van der Waals surface area contributed by atoms with Gasteiger partial charge in [0, 0.05) is 49.6 Å². The number of piperidine rings is 1. The van der Waals surface area contributed by atoms with Crippen LogP contribution in [-0.4, -0.2) is 82.7 Å². The van der Waals surface area contributed by atoms with E-state index in [0.717, 1.165) is 5.56 Å². The summed E-state index contributed by atoms with van der Waals surface area (Å²) in [6, 6.07) is 6.71. The van der Waals surface area contributed by atoms with Gasteiger partial charge in [0.1, 0.15) is 5.41 Å². The molecule has 0 radical (unpaired) electrons. The van der Waals surface area contributed by atoms with E-state index >= 15 is 0 Å². The summed E-state index contributed by atoms with van der Waals surface area (Å²) >= 11 is 6.01. The maximum Gasteiger partial charge on any atom is 0.407 e. The van der Waals surface area contributed by atoms with Crippen LogP contribution in [0.4, 0.5) is 18.0 Å². The Labute approximate surface area is 206 Å². The third-order valence-electron chi connectivity index (χ3n) is 7.72. The molecule has 3 fully saturated rings. The Kier molecular flexibility index (Phi) is 6.96. The lowest BCUT2D eigenvalue weighted by atomic mass is 9.93. The number of nitrogens with zero attached hydrogens (tertiary/aromatic N) is 3. The van der Waals surface area contributed by atoms with Crippen molar-refractivity contribution in [2.24, 2.45) is 11.3 Å². The first-order chi connectivity index (χ1) is 16.5. The van der Waals surface area contributed by atoms with Crippen LogP contribution in [0.5, 0.6) is 0 Å². The van der Waals surface area contributed by atoms with Gasteiger partial charge in [0.25, 0.3) is 0 Å². The number of rotatable bonds is 5. The molecule has 0 unspecified atom stereocenters. The standard InChI is InChI=1S/C24H29ClF3N3O4/c1-2-31(22(34)35)19-14-30(13-18(19)15-3-5-17(25)6-4-15)20(32)16-7-11-29(12-8-16)21(33)23(9-10-23)24(26,27)28/h3-6,16,18-19H,2,7-14H2,1H3,(H,34,35)/t18-,19+/m0/s1. The summed E-state index contributed by atoms with van der Waals surface area (Å²) in [6.45, 7) is 2.82.